The molecule has 0 saturated carbocycles. The summed E-state index contributed by atoms with van der Waals surface area (Å²) in [4.78, 5) is 0. The molecule has 1 rings (SSSR count). The first-order valence-electron chi connectivity index (χ1n) is 7.69. The zero-order chi connectivity index (χ0) is 15.3. The topological polar surface area (TPSA) is 29.5 Å². The van der Waals surface area contributed by atoms with Gasteiger partial charge in [0.1, 0.15) is 6.10 Å². The van der Waals surface area contributed by atoms with Crippen LogP contribution in [0.1, 0.15) is 53.2 Å². The van der Waals surface area contributed by atoms with E-state index in [4.69, 9.17) is 4.43 Å². The van der Waals surface area contributed by atoms with Gasteiger partial charge in [-0.2, -0.15) is 0 Å². The molecule has 0 aromatic heterocycles. The third-order valence-electron chi connectivity index (χ3n) is 4.38. The van der Waals surface area contributed by atoms with Crippen molar-refractivity contribution in [3.8, 4) is 0 Å². The first-order valence-corrected chi connectivity index (χ1v) is 9.83. The minimum Gasteiger partial charge on any atom is -0.413 e. The first kappa shape index (κ1) is 17.4. The smallest absolute Gasteiger partial charge is 0.200 e. The van der Waals surface area contributed by atoms with Crippen LogP contribution in [0.4, 0.5) is 0 Å². The molecule has 0 aliphatic heterocycles. The summed E-state index contributed by atoms with van der Waals surface area (Å²) in [5.74, 6) is 0. The largest absolute Gasteiger partial charge is 0.413 e. The van der Waals surface area contributed by atoms with E-state index in [0.29, 0.717) is 23.2 Å². The molecule has 2 nitrogen and oxygen atoms in total. The van der Waals surface area contributed by atoms with Crippen molar-refractivity contribution in [2.75, 3.05) is 6.61 Å². The summed E-state index contributed by atoms with van der Waals surface area (Å²) in [6.07, 6.45) is -0.528. The number of hydrogen-bond donors (Lipinski definition) is 1. The fourth-order valence-corrected chi connectivity index (χ4v) is 8.94. The molecule has 3 heteroatoms. The third kappa shape index (κ3) is 3.71. The van der Waals surface area contributed by atoms with Crippen molar-refractivity contribution >= 4 is 8.32 Å². The molecular formula is C17H30O2Si. The normalized spacial score (nSPS) is 14.3. The predicted octanol–water partition coefficient (Wildman–Crippen LogP) is 4.91. The van der Waals surface area contributed by atoms with Crippen molar-refractivity contribution in [2.45, 2.75) is 64.3 Å². The van der Waals surface area contributed by atoms with Gasteiger partial charge in [-0.3, -0.25) is 0 Å². The van der Waals surface area contributed by atoms with E-state index in [-0.39, 0.29) is 0 Å². The summed E-state index contributed by atoms with van der Waals surface area (Å²) in [6.45, 7) is 14.0. The second-order valence-electron chi connectivity index (χ2n) is 6.56. The average molecular weight is 295 g/mol. The van der Waals surface area contributed by atoms with Gasteiger partial charge >= 0.3 is 0 Å². The highest BCUT2D eigenvalue weighted by molar-refractivity contribution is 6.77. The van der Waals surface area contributed by atoms with Gasteiger partial charge in [0, 0.05) is 0 Å². The Labute approximate surface area is 125 Å². The van der Waals surface area contributed by atoms with Crippen molar-refractivity contribution in [1.29, 1.82) is 0 Å². The molecule has 114 valence electrons. The lowest BCUT2D eigenvalue weighted by atomic mass is 10.1. The average Bonchev–Trinajstić information content (AvgIpc) is 2.38. The third-order valence-corrected chi connectivity index (χ3v) is 10.5. The van der Waals surface area contributed by atoms with E-state index in [2.05, 4.69) is 41.5 Å². The van der Waals surface area contributed by atoms with Gasteiger partial charge in [0.25, 0.3) is 0 Å². The van der Waals surface area contributed by atoms with Gasteiger partial charge in [-0.25, -0.2) is 0 Å². The molecule has 20 heavy (non-hydrogen) atoms. The van der Waals surface area contributed by atoms with Crippen molar-refractivity contribution in [2.24, 2.45) is 0 Å². The molecule has 1 aromatic carbocycles. The maximum Gasteiger partial charge on any atom is 0.200 e. The van der Waals surface area contributed by atoms with Gasteiger partial charge in [0.05, 0.1) is 6.61 Å². The van der Waals surface area contributed by atoms with Crippen LogP contribution in [0.3, 0.4) is 0 Å². The molecule has 0 amide bonds. The van der Waals surface area contributed by atoms with Crippen LogP contribution in [0.2, 0.25) is 16.6 Å². The summed E-state index contributed by atoms with van der Waals surface area (Å²) in [6, 6.07) is 9.79. The number of rotatable bonds is 7. The van der Waals surface area contributed by atoms with Gasteiger partial charge in [-0.1, -0.05) is 71.9 Å². The highest BCUT2D eigenvalue weighted by Gasteiger charge is 2.45. The monoisotopic (exact) mass is 294 g/mol. The molecule has 1 N–H and O–H groups in total. The molecule has 1 unspecified atom stereocenters. The Morgan fingerprint density at radius 2 is 1.35 bits per heavy atom. The lowest BCUT2D eigenvalue weighted by molar-refractivity contribution is 0.0978. The summed E-state index contributed by atoms with van der Waals surface area (Å²) >= 11 is 0. The summed E-state index contributed by atoms with van der Waals surface area (Å²) in [7, 11) is -1.88. The van der Waals surface area contributed by atoms with E-state index in [0.717, 1.165) is 5.56 Å². The number of benzene rings is 1. The van der Waals surface area contributed by atoms with Crippen molar-refractivity contribution in [1.82, 2.24) is 0 Å². The maximum atomic E-state index is 10.3. The highest BCUT2D eigenvalue weighted by atomic mass is 28.4. The Kier molecular flexibility index (Phi) is 6.43. The fourth-order valence-electron chi connectivity index (χ4n) is 3.49. The molecular weight excluding hydrogens is 264 g/mol. The van der Waals surface area contributed by atoms with Gasteiger partial charge in [-0.05, 0) is 22.2 Å². The minimum absolute atomic E-state index is 0.408. The standard InChI is InChI=1S/C17H30O2Si/c1-13(2)20(14(3)4,15(5)6)19-12-17(18)16-10-8-7-9-11-16/h7-11,13-15,17-18H,12H2,1-6H3. The van der Waals surface area contributed by atoms with Gasteiger partial charge in [-0.15, -0.1) is 0 Å². The Morgan fingerprint density at radius 3 is 1.75 bits per heavy atom. The van der Waals surface area contributed by atoms with Crippen LogP contribution >= 0.6 is 0 Å². The Morgan fingerprint density at radius 1 is 0.900 bits per heavy atom. The van der Waals surface area contributed by atoms with E-state index in [1.54, 1.807) is 0 Å². The van der Waals surface area contributed by atoms with Gasteiger partial charge in [0.2, 0.25) is 0 Å². The molecule has 1 atom stereocenters. The zero-order valence-electron chi connectivity index (χ0n) is 13.8. The predicted molar refractivity (Wildman–Crippen MR) is 88.4 cm³/mol. The second-order valence-corrected chi connectivity index (χ2v) is 12.0. The first-order chi connectivity index (χ1) is 9.32. The number of hydrogen-bond acceptors (Lipinski definition) is 2. The van der Waals surface area contributed by atoms with Crippen molar-refractivity contribution < 1.29 is 9.53 Å². The molecule has 0 bridgehead atoms. The van der Waals surface area contributed by atoms with Gasteiger partial charge < -0.3 is 9.53 Å². The molecule has 0 radical (unpaired) electrons. The van der Waals surface area contributed by atoms with E-state index in [1.165, 1.54) is 0 Å². The minimum atomic E-state index is -1.88. The highest BCUT2D eigenvalue weighted by Crippen LogP contribution is 2.42. The molecule has 0 fully saturated rings. The van der Waals surface area contributed by atoms with E-state index < -0.39 is 14.4 Å². The molecule has 0 saturated heterocycles. The Bertz CT molecular complexity index is 365. The Hall–Kier alpha value is -0.643. The number of aliphatic hydroxyl groups is 1. The molecule has 0 spiro atoms. The second kappa shape index (κ2) is 7.39. The van der Waals surface area contributed by atoms with Crippen LogP contribution in [0.25, 0.3) is 0 Å². The summed E-state index contributed by atoms with van der Waals surface area (Å²) in [5, 5.41) is 10.3. The van der Waals surface area contributed by atoms with Crippen LogP contribution in [0, 0.1) is 0 Å². The van der Waals surface area contributed by atoms with Crippen LogP contribution in [-0.4, -0.2) is 20.0 Å². The zero-order valence-corrected chi connectivity index (χ0v) is 14.8. The van der Waals surface area contributed by atoms with E-state index >= 15 is 0 Å². The maximum absolute atomic E-state index is 10.3. The molecule has 0 aliphatic rings. The van der Waals surface area contributed by atoms with E-state index in [9.17, 15) is 5.11 Å². The molecule has 0 heterocycles. The molecule has 0 aliphatic carbocycles. The van der Waals surface area contributed by atoms with Gasteiger partial charge in [0.15, 0.2) is 8.32 Å². The summed E-state index contributed by atoms with van der Waals surface area (Å²) < 4.78 is 6.42. The lowest BCUT2D eigenvalue weighted by Crippen LogP contribution is -2.48. The molecule has 1 aromatic rings. The lowest BCUT2D eigenvalue weighted by Gasteiger charge is -2.42. The van der Waals surface area contributed by atoms with Crippen molar-refractivity contribution in [3.05, 3.63) is 35.9 Å². The van der Waals surface area contributed by atoms with E-state index in [1.807, 2.05) is 30.3 Å². The number of aliphatic hydroxyl groups excluding tert-OH is 1. The van der Waals surface area contributed by atoms with Crippen LogP contribution in [0.5, 0.6) is 0 Å². The van der Waals surface area contributed by atoms with Crippen LogP contribution in [0.15, 0.2) is 30.3 Å². The SMILES string of the molecule is CC(C)[Si](OCC(O)c1ccccc1)(C(C)C)C(C)C. The van der Waals surface area contributed by atoms with Crippen LogP contribution < -0.4 is 0 Å². The fraction of sp³-hybridized carbons (Fsp3) is 0.647. The quantitative estimate of drug-likeness (QED) is 0.724. The van der Waals surface area contributed by atoms with Crippen LogP contribution in [-0.2, 0) is 4.43 Å². The summed E-state index contributed by atoms with van der Waals surface area (Å²) in [5.41, 5.74) is 2.58. The Balaban J connectivity index is 2.82. The van der Waals surface area contributed by atoms with Crippen molar-refractivity contribution in [3.63, 3.8) is 0 Å².